The van der Waals surface area contributed by atoms with Crippen molar-refractivity contribution in [1.82, 2.24) is 19.9 Å². The lowest BCUT2D eigenvalue weighted by Gasteiger charge is -2.10. The van der Waals surface area contributed by atoms with Gasteiger partial charge in [0.2, 0.25) is 0 Å². The molecule has 1 amide bonds. The molecule has 0 atom stereocenters. The van der Waals surface area contributed by atoms with E-state index in [-0.39, 0.29) is 11.4 Å². The minimum atomic E-state index is -0.538. The molecular weight excluding hydrogens is 398 g/mol. The van der Waals surface area contributed by atoms with E-state index >= 15 is 0 Å². The van der Waals surface area contributed by atoms with Gasteiger partial charge in [0.15, 0.2) is 0 Å². The number of rotatable bonds is 8. The molecule has 0 aliphatic heterocycles. The molecule has 4 N–H and O–H groups in total. The predicted molar refractivity (Wildman–Crippen MR) is 118 cm³/mol. The Morgan fingerprint density at radius 2 is 1.97 bits per heavy atom. The number of amides is 1. The van der Waals surface area contributed by atoms with Crippen LogP contribution in [0.25, 0.3) is 0 Å². The number of nitrogens with zero attached hydrogens (tertiary/aromatic N) is 3. The molecule has 0 spiro atoms. The van der Waals surface area contributed by atoms with Crippen molar-refractivity contribution in [2.24, 2.45) is 7.05 Å². The third kappa shape index (κ3) is 5.54. The molecule has 0 saturated carbocycles. The maximum atomic E-state index is 12.3. The average molecular weight is 419 g/mol. The van der Waals surface area contributed by atoms with Crippen LogP contribution in [-0.4, -0.2) is 33.7 Å². The molecule has 3 aromatic heterocycles. The molecule has 31 heavy (non-hydrogen) atoms. The number of hydrogen-bond donors (Lipinski definition) is 4. The number of carbonyl (C=O) groups is 1. The molecule has 0 fully saturated rings. The summed E-state index contributed by atoms with van der Waals surface area (Å²) in [5, 5.41) is 15.8. The molecule has 10 heteroatoms. The van der Waals surface area contributed by atoms with Crippen LogP contribution in [0.1, 0.15) is 10.4 Å². The van der Waals surface area contributed by atoms with Crippen LogP contribution in [0.4, 0.5) is 11.6 Å². The SMILES string of the molecule is CN/C=C(\C=N)Nc1cc(Oc2ccc(NC(=O)c3cccn(C)c3=O)nc2)ccn1. The molecular formula is C21H21N7O3. The zero-order chi connectivity index (χ0) is 22.2. The number of nitrogens with one attached hydrogen (secondary N) is 4. The number of hydrogen-bond acceptors (Lipinski definition) is 8. The Morgan fingerprint density at radius 3 is 2.68 bits per heavy atom. The molecule has 0 aliphatic rings. The van der Waals surface area contributed by atoms with E-state index in [1.807, 2.05) is 0 Å². The van der Waals surface area contributed by atoms with Gasteiger partial charge in [0.1, 0.15) is 28.7 Å². The van der Waals surface area contributed by atoms with Crippen LogP contribution in [-0.2, 0) is 7.05 Å². The summed E-state index contributed by atoms with van der Waals surface area (Å²) in [6, 6.07) is 9.65. The summed E-state index contributed by atoms with van der Waals surface area (Å²) in [6.45, 7) is 0. The molecule has 0 radical (unpaired) electrons. The Kier molecular flexibility index (Phi) is 6.74. The van der Waals surface area contributed by atoms with E-state index in [1.54, 1.807) is 63.0 Å². The summed E-state index contributed by atoms with van der Waals surface area (Å²) >= 11 is 0. The summed E-state index contributed by atoms with van der Waals surface area (Å²) in [5.74, 6) is 1.21. The zero-order valence-corrected chi connectivity index (χ0v) is 16.9. The fourth-order valence-electron chi connectivity index (χ4n) is 2.56. The lowest BCUT2D eigenvalue weighted by atomic mass is 10.2. The number of ether oxygens (including phenoxy) is 1. The largest absolute Gasteiger partial charge is 0.456 e. The van der Waals surface area contributed by atoms with Gasteiger partial charge in [-0.1, -0.05) is 0 Å². The van der Waals surface area contributed by atoms with Gasteiger partial charge in [-0.15, -0.1) is 0 Å². The quantitative estimate of drug-likeness (QED) is 0.412. The van der Waals surface area contributed by atoms with Crippen LogP contribution in [0.15, 0.2) is 71.7 Å². The summed E-state index contributed by atoms with van der Waals surface area (Å²) in [6.07, 6.45) is 7.39. The van der Waals surface area contributed by atoms with Crippen LogP contribution in [0.3, 0.4) is 0 Å². The van der Waals surface area contributed by atoms with Gasteiger partial charge in [0.25, 0.3) is 11.5 Å². The molecule has 0 aromatic carbocycles. The summed E-state index contributed by atoms with van der Waals surface area (Å²) in [4.78, 5) is 32.7. The van der Waals surface area contributed by atoms with Gasteiger partial charge in [0.05, 0.1) is 11.9 Å². The Balaban J connectivity index is 1.67. The van der Waals surface area contributed by atoms with E-state index in [0.29, 0.717) is 23.0 Å². The lowest BCUT2D eigenvalue weighted by Crippen LogP contribution is -2.27. The molecule has 10 nitrogen and oxygen atoms in total. The minimum absolute atomic E-state index is 0.0283. The molecule has 0 aliphatic carbocycles. The summed E-state index contributed by atoms with van der Waals surface area (Å²) in [7, 11) is 3.31. The Bertz CT molecular complexity index is 1170. The highest BCUT2D eigenvalue weighted by molar-refractivity contribution is 6.03. The monoisotopic (exact) mass is 419 g/mol. The van der Waals surface area contributed by atoms with Crippen LogP contribution in [0.5, 0.6) is 11.5 Å². The molecule has 0 bridgehead atoms. The van der Waals surface area contributed by atoms with Crippen LogP contribution < -0.4 is 26.2 Å². The van der Waals surface area contributed by atoms with Gasteiger partial charge < -0.3 is 30.7 Å². The molecule has 158 valence electrons. The van der Waals surface area contributed by atoms with Gasteiger partial charge >= 0.3 is 0 Å². The maximum Gasteiger partial charge on any atom is 0.263 e. The van der Waals surface area contributed by atoms with E-state index in [1.165, 1.54) is 16.8 Å². The fourth-order valence-corrected chi connectivity index (χ4v) is 2.56. The Hall–Kier alpha value is -4.47. The normalized spacial score (nSPS) is 10.8. The second kappa shape index (κ2) is 9.83. The van der Waals surface area contributed by atoms with Crippen LogP contribution in [0, 0.1) is 5.41 Å². The highest BCUT2D eigenvalue weighted by Crippen LogP contribution is 2.23. The van der Waals surface area contributed by atoms with Crippen LogP contribution >= 0.6 is 0 Å². The minimum Gasteiger partial charge on any atom is -0.456 e. The van der Waals surface area contributed by atoms with E-state index in [2.05, 4.69) is 25.9 Å². The molecule has 3 rings (SSSR count). The predicted octanol–water partition coefficient (Wildman–Crippen LogP) is 2.34. The van der Waals surface area contributed by atoms with Crippen molar-refractivity contribution in [3.8, 4) is 11.5 Å². The number of carbonyl (C=O) groups excluding carboxylic acids is 1. The number of anilines is 2. The first-order valence-electron chi connectivity index (χ1n) is 9.22. The van der Waals surface area contributed by atoms with Gasteiger partial charge in [-0.25, -0.2) is 9.97 Å². The van der Waals surface area contributed by atoms with E-state index < -0.39 is 11.5 Å². The van der Waals surface area contributed by atoms with Gasteiger partial charge in [-0.2, -0.15) is 0 Å². The Morgan fingerprint density at radius 1 is 1.13 bits per heavy atom. The first-order chi connectivity index (χ1) is 15.0. The second-order valence-electron chi connectivity index (χ2n) is 6.31. The fraction of sp³-hybridized carbons (Fsp3) is 0.0952. The summed E-state index contributed by atoms with van der Waals surface area (Å²) < 4.78 is 7.10. The van der Waals surface area contributed by atoms with Crippen molar-refractivity contribution >= 4 is 23.8 Å². The first-order valence-corrected chi connectivity index (χ1v) is 9.22. The number of aryl methyl sites for hydroxylation is 1. The molecule has 3 aromatic rings. The van der Waals surface area contributed by atoms with Crippen molar-refractivity contribution in [2.45, 2.75) is 0 Å². The van der Waals surface area contributed by atoms with Gasteiger partial charge in [0, 0.05) is 45.0 Å². The molecule has 3 heterocycles. The first kappa shape index (κ1) is 21.2. The van der Waals surface area contributed by atoms with Crippen molar-refractivity contribution in [2.75, 3.05) is 17.7 Å². The van der Waals surface area contributed by atoms with Crippen molar-refractivity contribution < 1.29 is 9.53 Å². The topological polar surface area (TPSA) is 134 Å². The van der Waals surface area contributed by atoms with E-state index in [4.69, 9.17) is 10.1 Å². The standard InChI is InChI=1S/C21H21N7O3/c1-23-12-14(11-22)26-19-10-15(7-8-24-19)31-16-5-6-18(25-13-16)27-20(29)17-4-3-9-28(2)21(17)30/h3-13,22-23H,1-2H3,(H,24,26)(H,25,27,29)/b14-12+,22-11?. The highest BCUT2D eigenvalue weighted by atomic mass is 16.5. The van der Waals surface area contributed by atoms with Gasteiger partial charge in [-0.05, 0) is 30.3 Å². The number of allylic oxidation sites excluding steroid dienone is 1. The third-order valence-electron chi connectivity index (χ3n) is 4.04. The van der Waals surface area contributed by atoms with E-state index in [0.717, 1.165) is 6.21 Å². The smallest absolute Gasteiger partial charge is 0.263 e. The second-order valence-corrected chi connectivity index (χ2v) is 6.31. The summed E-state index contributed by atoms with van der Waals surface area (Å²) in [5.41, 5.74) is 0.167. The van der Waals surface area contributed by atoms with Gasteiger partial charge in [-0.3, -0.25) is 9.59 Å². The molecule has 0 unspecified atom stereocenters. The van der Waals surface area contributed by atoms with Crippen LogP contribution in [0.2, 0.25) is 0 Å². The number of pyridine rings is 3. The van der Waals surface area contributed by atoms with Crippen molar-refractivity contribution in [3.63, 3.8) is 0 Å². The number of aromatic nitrogens is 3. The van der Waals surface area contributed by atoms with Crippen molar-refractivity contribution in [1.29, 1.82) is 5.41 Å². The average Bonchev–Trinajstić information content (AvgIpc) is 2.77. The zero-order valence-electron chi connectivity index (χ0n) is 16.9. The third-order valence-corrected chi connectivity index (χ3v) is 4.04. The maximum absolute atomic E-state index is 12.3. The molecule has 0 saturated heterocycles. The highest BCUT2D eigenvalue weighted by Gasteiger charge is 2.12. The lowest BCUT2D eigenvalue weighted by molar-refractivity contribution is 0.102. The van der Waals surface area contributed by atoms with E-state index in [9.17, 15) is 9.59 Å². The Labute approximate surface area is 178 Å². The van der Waals surface area contributed by atoms with Crippen molar-refractivity contribution in [3.05, 3.63) is 82.8 Å².